The Morgan fingerprint density at radius 1 is 1.33 bits per heavy atom. The number of likely N-dealkylation sites (tertiary alicyclic amines) is 1. The van der Waals surface area contributed by atoms with E-state index in [1.807, 2.05) is 6.07 Å². The molecule has 1 aromatic carbocycles. The van der Waals surface area contributed by atoms with Gasteiger partial charge in [-0.1, -0.05) is 30.3 Å². The molecule has 1 amide bonds. The van der Waals surface area contributed by atoms with Gasteiger partial charge in [0, 0.05) is 25.7 Å². The van der Waals surface area contributed by atoms with E-state index < -0.39 is 0 Å². The van der Waals surface area contributed by atoms with E-state index in [1.54, 1.807) is 0 Å². The van der Waals surface area contributed by atoms with Crippen molar-refractivity contribution in [3.05, 3.63) is 42.2 Å². The van der Waals surface area contributed by atoms with Gasteiger partial charge in [0.2, 0.25) is 5.91 Å². The minimum absolute atomic E-state index is 0.0474. The standard InChI is InChI=1S/C14H18N6O/c21-14(10-20-11-15-17-18-20)16-13-6-7-19(9-13)8-12-4-2-1-3-5-12/h1-5,11,13H,6-10H2,(H,16,21). The summed E-state index contributed by atoms with van der Waals surface area (Å²) in [7, 11) is 0. The Morgan fingerprint density at radius 2 is 2.19 bits per heavy atom. The van der Waals surface area contributed by atoms with E-state index in [0.717, 1.165) is 26.1 Å². The summed E-state index contributed by atoms with van der Waals surface area (Å²) >= 11 is 0. The van der Waals surface area contributed by atoms with Crippen LogP contribution in [0.25, 0.3) is 0 Å². The fraction of sp³-hybridized carbons (Fsp3) is 0.429. The van der Waals surface area contributed by atoms with Crippen molar-refractivity contribution in [3.63, 3.8) is 0 Å². The molecule has 1 fully saturated rings. The lowest BCUT2D eigenvalue weighted by Crippen LogP contribution is -2.38. The molecule has 1 N–H and O–H groups in total. The lowest BCUT2D eigenvalue weighted by molar-refractivity contribution is -0.122. The zero-order valence-corrected chi connectivity index (χ0v) is 11.7. The van der Waals surface area contributed by atoms with Crippen LogP contribution in [-0.2, 0) is 17.9 Å². The average molecular weight is 286 g/mol. The Bertz CT molecular complexity index is 570. The topological polar surface area (TPSA) is 75.9 Å². The van der Waals surface area contributed by atoms with Gasteiger partial charge in [-0.15, -0.1) is 5.10 Å². The van der Waals surface area contributed by atoms with Crippen molar-refractivity contribution >= 4 is 5.91 Å². The summed E-state index contributed by atoms with van der Waals surface area (Å²) in [6, 6.07) is 10.6. The van der Waals surface area contributed by atoms with Crippen molar-refractivity contribution in [2.24, 2.45) is 0 Å². The minimum atomic E-state index is -0.0474. The number of carbonyl (C=O) groups excluding carboxylic acids is 1. The third-order valence-corrected chi connectivity index (χ3v) is 3.58. The van der Waals surface area contributed by atoms with Crippen LogP contribution < -0.4 is 5.32 Å². The third-order valence-electron chi connectivity index (χ3n) is 3.58. The molecule has 21 heavy (non-hydrogen) atoms. The van der Waals surface area contributed by atoms with Gasteiger partial charge in [0.05, 0.1) is 0 Å². The zero-order valence-electron chi connectivity index (χ0n) is 11.7. The molecule has 2 aromatic rings. The lowest BCUT2D eigenvalue weighted by atomic mass is 10.2. The Labute approximate surface area is 122 Å². The van der Waals surface area contributed by atoms with Crippen molar-refractivity contribution in [2.75, 3.05) is 13.1 Å². The molecule has 1 aromatic heterocycles. The van der Waals surface area contributed by atoms with E-state index in [9.17, 15) is 4.79 Å². The number of rotatable bonds is 5. The largest absolute Gasteiger partial charge is 0.350 e. The quantitative estimate of drug-likeness (QED) is 0.841. The molecule has 7 nitrogen and oxygen atoms in total. The summed E-state index contributed by atoms with van der Waals surface area (Å²) in [5.41, 5.74) is 1.30. The predicted molar refractivity (Wildman–Crippen MR) is 76.1 cm³/mol. The van der Waals surface area contributed by atoms with E-state index in [-0.39, 0.29) is 18.5 Å². The van der Waals surface area contributed by atoms with Crippen molar-refractivity contribution in [3.8, 4) is 0 Å². The molecule has 0 radical (unpaired) electrons. The molecule has 0 bridgehead atoms. The highest BCUT2D eigenvalue weighted by atomic mass is 16.2. The van der Waals surface area contributed by atoms with E-state index >= 15 is 0 Å². The first-order chi connectivity index (χ1) is 10.3. The molecule has 2 heterocycles. The van der Waals surface area contributed by atoms with Crippen molar-refractivity contribution in [1.82, 2.24) is 30.4 Å². The van der Waals surface area contributed by atoms with Crippen LogP contribution in [0.5, 0.6) is 0 Å². The van der Waals surface area contributed by atoms with Crippen molar-refractivity contribution in [2.45, 2.75) is 25.6 Å². The third kappa shape index (κ3) is 3.85. The summed E-state index contributed by atoms with van der Waals surface area (Å²) in [5, 5.41) is 13.7. The lowest BCUT2D eigenvalue weighted by Gasteiger charge is -2.16. The van der Waals surface area contributed by atoms with Gasteiger partial charge < -0.3 is 5.32 Å². The molecule has 1 atom stereocenters. The van der Waals surface area contributed by atoms with Gasteiger partial charge in [-0.25, -0.2) is 4.68 Å². The van der Waals surface area contributed by atoms with Crippen LogP contribution in [0.15, 0.2) is 36.7 Å². The normalized spacial score (nSPS) is 18.8. The second-order valence-corrected chi connectivity index (χ2v) is 5.28. The van der Waals surface area contributed by atoms with E-state index in [0.29, 0.717) is 0 Å². The fourth-order valence-electron chi connectivity index (χ4n) is 2.61. The van der Waals surface area contributed by atoms with Gasteiger partial charge in [0.1, 0.15) is 12.9 Å². The first-order valence-electron chi connectivity index (χ1n) is 7.06. The van der Waals surface area contributed by atoms with Crippen molar-refractivity contribution < 1.29 is 4.79 Å². The van der Waals surface area contributed by atoms with Gasteiger partial charge in [-0.3, -0.25) is 9.69 Å². The second-order valence-electron chi connectivity index (χ2n) is 5.28. The molecule has 7 heteroatoms. The van der Waals surface area contributed by atoms with E-state index in [2.05, 4.69) is 50.0 Å². The maximum atomic E-state index is 11.9. The van der Waals surface area contributed by atoms with Crippen LogP contribution in [0.2, 0.25) is 0 Å². The molecule has 0 aliphatic carbocycles. The number of aromatic nitrogens is 4. The van der Waals surface area contributed by atoms with Gasteiger partial charge >= 0.3 is 0 Å². The van der Waals surface area contributed by atoms with Gasteiger partial charge in [0.15, 0.2) is 0 Å². The monoisotopic (exact) mass is 286 g/mol. The number of benzene rings is 1. The summed E-state index contributed by atoms with van der Waals surface area (Å²) in [4.78, 5) is 14.2. The minimum Gasteiger partial charge on any atom is -0.350 e. The second kappa shape index (κ2) is 6.45. The van der Waals surface area contributed by atoms with Crippen LogP contribution in [0.1, 0.15) is 12.0 Å². The van der Waals surface area contributed by atoms with Gasteiger partial charge in [-0.05, 0) is 22.4 Å². The Kier molecular flexibility index (Phi) is 4.20. The number of tetrazole rings is 1. The first-order valence-corrected chi connectivity index (χ1v) is 7.06. The number of carbonyl (C=O) groups is 1. The molecule has 3 rings (SSSR count). The zero-order chi connectivity index (χ0) is 14.5. The van der Waals surface area contributed by atoms with E-state index in [4.69, 9.17) is 0 Å². The van der Waals surface area contributed by atoms with Crippen LogP contribution in [0.4, 0.5) is 0 Å². The van der Waals surface area contributed by atoms with Crippen LogP contribution in [0, 0.1) is 0 Å². The number of nitrogens with zero attached hydrogens (tertiary/aromatic N) is 5. The molecule has 1 aliphatic rings. The fourth-order valence-corrected chi connectivity index (χ4v) is 2.61. The maximum absolute atomic E-state index is 11.9. The summed E-state index contributed by atoms with van der Waals surface area (Å²) in [6.07, 6.45) is 2.42. The average Bonchev–Trinajstić information content (AvgIpc) is 3.12. The maximum Gasteiger partial charge on any atom is 0.242 e. The summed E-state index contributed by atoms with van der Waals surface area (Å²) < 4.78 is 1.42. The first kappa shape index (κ1) is 13.7. The number of nitrogens with one attached hydrogen (secondary N) is 1. The Balaban J connectivity index is 1.45. The number of hydrogen-bond donors (Lipinski definition) is 1. The highest BCUT2D eigenvalue weighted by Crippen LogP contribution is 2.13. The highest BCUT2D eigenvalue weighted by Gasteiger charge is 2.23. The molecular formula is C14H18N6O. The smallest absolute Gasteiger partial charge is 0.242 e. The van der Waals surface area contributed by atoms with Crippen LogP contribution in [0.3, 0.4) is 0 Å². The number of amides is 1. The molecule has 0 saturated carbocycles. The number of hydrogen-bond acceptors (Lipinski definition) is 5. The molecular weight excluding hydrogens is 268 g/mol. The predicted octanol–water partition coefficient (Wildman–Crippen LogP) is 0.0638. The molecule has 110 valence electrons. The molecule has 1 saturated heterocycles. The summed E-state index contributed by atoms with van der Waals surface area (Å²) in [6.45, 7) is 2.99. The highest BCUT2D eigenvalue weighted by molar-refractivity contribution is 5.75. The Hall–Kier alpha value is -2.28. The SMILES string of the molecule is O=C(Cn1cnnn1)NC1CCN(Cc2ccccc2)C1. The van der Waals surface area contributed by atoms with Crippen LogP contribution in [-0.4, -0.2) is 50.1 Å². The molecule has 0 spiro atoms. The van der Waals surface area contributed by atoms with Gasteiger partial charge in [0.25, 0.3) is 0 Å². The van der Waals surface area contributed by atoms with E-state index in [1.165, 1.54) is 16.6 Å². The van der Waals surface area contributed by atoms with Crippen LogP contribution >= 0.6 is 0 Å². The Morgan fingerprint density at radius 3 is 2.95 bits per heavy atom. The van der Waals surface area contributed by atoms with Gasteiger partial charge in [-0.2, -0.15) is 0 Å². The summed E-state index contributed by atoms with van der Waals surface area (Å²) in [5.74, 6) is -0.0474. The molecule has 1 aliphatic heterocycles. The van der Waals surface area contributed by atoms with Crippen molar-refractivity contribution in [1.29, 1.82) is 0 Å². The molecule has 1 unspecified atom stereocenters.